The van der Waals surface area contributed by atoms with Gasteiger partial charge in [-0.3, -0.25) is 4.79 Å². The van der Waals surface area contributed by atoms with Gasteiger partial charge in [0.25, 0.3) is 5.91 Å². The van der Waals surface area contributed by atoms with E-state index in [0.29, 0.717) is 12.1 Å². The van der Waals surface area contributed by atoms with Gasteiger partial charge in [0.05, 0.1) is 6.04 Å². The summed E-state index contributed by atoms with van der Waals surface area (Å²) in [6, 6.07) is 7.39. The number of fused-ring (bicyclic) bond motifs is 1. The summed E-state index contributed by atoms with van der Waals surface area (Å²) in [5, 5.41) is 7.89. The van der Waals surface area contributed by atoms with E-state index in [1.165, 1.54) is 6.33 Å². The van der Waals surface area contributed by atoms with E-state index in [0.717, 1.165) is 16.7 Å². The van der Waals surface area contributed by atoms with Crippen LogP contribution >= 0.6 is 0 Å². The molecule has 0 bridgehead atoms. The van der Waals surface area contributed by atoms with Crippen LogP contribution in [0.5, 0.6) is 0 Å². The lowest BCUT2D eigenvalue weighted by Crippen LogP contribution is -2.29. The standard InChI is InChI=1S/C15H16N4O2/c1-10(19-9-16-8-18-19)7-17-15(20)12-3-4-14-13(6-12)5-11(2)21-14/h3-6,8-10H,7H2,1-2H3,(H,17,20)/t10-/m1/s1. The molecule has 108 valence electrons. The first-order chi connectivity index (χ1) is 10.1. The smallest absolute Gasteiger partial charge is 0.251 e. The van der Waals surface area contributed by atoms with Crippen molar-refractivity contribution in [3.8, 4) is 0 Å². The zero-order valence-corrected chi connectivity index (χ0v) is 11.9. The number of hydrogen-bond acceptors (Lipinski definition) is 4. The largest absolute Gasteiger partial charge is 0.461 e. The van der Waals surface area contributed by atoms with Crippen molar-refractivity contribution in [2.45, 2.75) is 19.9 Å². The quantitative estimate of drug-likeness (QED) is 0.798. The van der Waals surface area contributed by atoms with Crippen molar-refractivity contribution in [3.05, 3.63) is 48.2 Å². The Hall–Kier alpha value is -2.63. The lowest BCUT2D eigenvalue weighted by Gasteiger charge is -2.12. The molecule has 1 amide bonds. The molecule has 0 unspecified atom stereocenters. The summed E-state index contributed by atoms with van der Waals surface area (Å²) in [4.78, 5) is 16.1. The number of carbonyl (C=O) groups excluding carboxylic acids is 1. The first kappa shape index (κ1) is 13.4. The molecule has 0 aliphatic carbocycles. The van der Waals surface area contributed by atoms with Gasteiger partial charge < -0.3 is 9.73 Å². The van der Waals surface area contributed by atoms with Crippen molar-refractivity contribution >= 4 is 16.9 Å². The topological polar surface area (TPSA) is 73.0 Å². The minimum absolute atomic E-state index is 0.0522. The average molecular weight is 284 g/mol. The lowest BCUT2D eigenvalue weighted by atomic mass is 10.1. The molecule has 0 spiro atoms. The predicted molar refractivity (Wildman–Crippen MR) is 78.0 cm³/mol. The molecule has 0 aliphatic heterocycles. The molecule has 6 heteroatoms. The number of aromatic nitrogens is 3. The molecule has 0 saturated carbocycles. The molecule has 0 aliphatic rings. The van der Waals surface area contributed by atoms with Crippen LogP contribution in [0, 0.1) is 6.92 Å². The number of benzene rings is 1. The maximum Gasteiger partial charge on any atom is 0.251 e. The second-order valence-electron chi connectivity index (χ2n) is 5.04. The summed E-state index contributed by atoms with van der Waals surface area (Å²) in [5.41, 5.74) is 1.41. The molecule has 2 aromatic heterocycles. The second-order valence-corrected chi connectivity index (χ2v) is 5.04. The zero-order chi connectivity index (χ0) is 14.8. The van der Waals surface area contributed by atoms with Crippen LogP contribution in [0.15, 0.2) is 41.3 Å². The van der Waals surface area contributed by atoms with Gasteiger partial charge in [-0.1, -0.05) is 0 Å². The highest BCUT2D eigenvalue weighted by molar-refractivity contribution is 5.97. The van der Waals surface area contributed by atoms with Crippen LogP contribution in [0.4, 0.5) is 0 Å². The van der Waals surface area contributed by atoms with Gasteiger partial charge in [-0.15, -0.1) is 0 Å². The summed E-state index contributed by atoms with van der Waals surface area (Å²) < 4.78 is 7.21. The van der Waals surface area contributed by atoms with Crippen molar-refractivity contribution in [2.75, 3.05) is 6.54 Å². The van der Waals surface area contributed by atoms with Crippen LogP contribution in [0.3, 0.4) is 0 Å². The average Bonchev–Trinajstić information content (AvgIpc) is 3.11. The molecule has 6 nitrogen and oxygen atoms in total. The highest BCUT2D eigenvalue weighted by Crippen LogP contribution is 2.20. The van der Waals surface area contributed by atoms with E-state index in [2.05, 4.69) is 15.4 Å². The molecule has 2 heterocycles. The monoisotopic (exact) mass is 284 g/mol. The summed E-state index contributed by atoms with van der Waals surface area (Å²) in [6.45, 7) is 4.35. The Bertz CT molecular complexity index is 761. The first-order valence-corrected chi connectivity index (χ1v) is 6.76. The third-order valence-electron chi connectivity index (χ3n) is 3.35. The number of rotatable bonds is 4. The SMILES string of the molecule is Cc1cc2cc(C(=O)NC[C@@H](C)n3cncn3)ccc2o1. The van der Waals surface area contributed by atoms with Crippen LogP contribution in [-0.2, 0) is 0 Å². The molecule has 0 radical (unpaired) electrons. The Morgan fingerprint density at radius 2 is 2.29 bits per heavy atom. The van der Waals surface area contributed by atoms with Gasteiger partial charge in [0.15, 0.2) is 0 Å². The second kappa shape index (κ2) is 5.40. The minimum Gasteiger partial charge on any atom is -0.461 e. The molecular formula is C15H16N4O2. The summed E-state index contributed by atoms with van der Waals surface area (Å²) in [7, 11) is 0. The van der Waals surface area contributed by atoms with Crippen molar-refractivity contribution in [2.24, 2.45) is 0 Å². The number of furan rings is 1. The molecule has 0 saturated heterocycles. The Morgan fingerprint density at radius 1 is 1.43 bits per heavy atom. The van der Waals surface area contributed by atoms with Gasteiger partial charge in [0, 0.05) is 17.5 Å². The summed E-state index contributed by atoms with van der Waals surface area (Å²) >= 11 is 0. The maximum atomic E-state index is 12.2. The van der Waals surface area contributed by atoms with E-state index in [4.69, 9.17) is 4.42 Å². The zero-order valence-electron chi connectivity index (χ0n) is 11.9. The maximum absolute atomic E-state index is 12.2. The third kappa shape index (κ3) is 2.79. The molecule has 0 fully saturated rings. The third-order valence-corrected chi connectivity index (χ3v) is 3.35. The van der Waals surface area contributed by atoms with Gasteiger partial charge in [-0.25, -0.2) is 9.67 Å². The van der Waals surface area contributed by atoms with Crippen molar-refractivity contribution < 1.29 is 9.21 Å². The molecule has 3 rings (SSSR count). The van der Waals surface area contributed by atoms with E-state index in [-0.39, 0.29) is 11.9 Å². The molecule has 21 heavy (non-hydrogen) atoms. The van der Waals surface area contributed by atoms with Crippen molar-refractivity contribution in [3.63, 3.8) is 0 Å². The fourth-order valence-corrected chi connectivity index (χ4v) is 2.20. The van der Waals surface area contributed by atoms with E-state index < -0.39 is 0 Å². The van der Waals surface area contributed by atoms with Crippen LogP contribution in [0.1, 0.15) is 29.1 Å². The highest BCUT2D eigenvalue weighted by atomic mass is 16.3. The molecular weight excluding hydrogens is 268 g/mol. The number of carbonyl (C=O) groups is 1. The normalized spacial score (nSPS) is 12.5. The van der Waals surface area contributed by atoms with Gasteiger partial charge in [-0.2, -0.15) is 5.10 Å². The minimum atomic E-state index is -0.109. The van der Waals surface area contributed by atoms with Gasteiger partial charge in [-0.05, 0) is 38.1 Å². The van der Waals surface area contributed by atoms with E-state index in [9.17, 15) is 4.79 Å². The van der Waals surface area contributed by atoms with E-state index in [1.54, 1.807) is 17.1 Å². The highest BCUT2D eigenvalue weighted by Gasteiger charge is 2.11. The molecule has 1 N–H and O–H groups in total. The Balaban J connectivity index is 1.69. The molecule has 3 aromatic rings. The number of hydrogen-bond donors (Lipinski definition) is 1. The molecule has 1 aromatic carbocycles. The number of nitrogens with zero attached hydrogens (tertiary/aromatic N) is 3. The number of nitrogens with one attached hydrogen (secondary N) is 1. The van der Waals surface area contributed by atoms with Crippen LogP contribution < -0.4 is 5.32 Å². The van der Waals surface area contributed by atoms with Gasteiger partial charge in [0.2, 0.25) is 0 Å². The number of aryl methyl sites for hydroxylation is 1. The van der Waals surface area contributed by atoms with Crippen LogP contribution in [0.2, 0.25) is 0 Å². The number of amides is 1. The predicted octanol–water partition coefficient (Wildman–Crippen LogP) is 2.32. The first-order valence-electron chi connectivity index (χ1n) is 6.76. The van der Waals surface area contributed by atoms with Gasteiger partial charge >= 0.3 is 0 Å². The summed E-state index contributed by atoms with van der Waals surface area (Å²) in [5.74, 6) is 0.727. The van der Waals surface area contributed by atoms with Crippen LogP contribution in [-0.4, -0.2) is 27.2 Å². The van der Waals surface area contributed by atoms with Crippen LogP contribution in [0.25, 0.3) is 11.0 Å². The van der Waals surface area contributed by atoms with E-state index >= 15 is 0 Å². The fraction of sp³-hybridized carbons (Fsp3) is 0.267. The Kier molecular flexibility index (Phi) is 3.43. The Morgan fingerprint density at radius 3 is 3.05 bits per heavy atom. The van der Waals surface area contributed by atoms with Gasteiger partial charge in [0.1, 0.15) is 24.0 Å². The van der Waals surface area contributed by atoms with Crippen molar-refractivity contribution in [1.82, 2.24) is 20.1 Å². The lowest BCUT2D eigenvalue weighted by molar-refractivity contribution is 0.0948. The molecule has 1 atom stereocenters. The Labute approximate surface area is 121 Å². The summed E-state index contributed by atoms with van der Waals surface area (Å²) in [6.07, 6.45) is 3.12. The fourth-order valence-electron chi connectivity index (χ4n) is 2.20. The van der Waals surface area contributed by atoms with E-state index in [1.807, 2.05) is 32.0 Å². The van der Waals surface area contributed by atoms with Crippen molar-refractivity contribution in [1.29, 1.82) is 0 Å².